The van der Waals surface area contributed by atoms with Crippen molar-refractivity contribution in [2.45, 2.75) is 17.7 Å². The lowest BCUT2D eigenvalue weighted by atomic mass is 10.3. The molecule has 2 heteroatoms. The van der Waals surface area contributed by atoms with Crippen molar-refractivity contribution in [3.63, 3.8) is 0 Å². The van der Waals surface area contributed by atoms with E-state index in [1.807, 2.05) is 36.4 Å². The summed E-state index contributed by atoms with van der Waals surface area (Å²) in [5.74, 6) is 1.06. The molecular formula is C11H12NS. The fraction of sp³-hybridized carbons (Fsp3) is 0.273. The number of hydrogen-bond donors (Lipinski definition) is 0. The van der Waals surface area contributed by atoms with Crippen LogP contribution in [0, 0.1) is 17.8 Å². The number of nitriles is 1. The van der Waals surface area contributed by atoms with Gasteiger partial charge in [-0.15, -0.1) is 11.8 Å². The number of thioether (sulfide) groups is 1. The normalized spacial score (nSPS) is 9.46. The fourth-order valence-corrected chi connectivity index (χ4v) is 1.81. The van der Waals surface area contributed by atoms with Crippen molar-refractivity contribution in [1.82, 2.24) is 0 Å². The largest absolute Gasteiger partial charge is 0.198 e. The number of rotatable bonds is 5. The SMILES string of the molecule is N#CC[CH]CCSc1ccccc1. The molecule has 0 heterocycles. The second kappa shape index (κ2) is 6.56. The van der Waals surface area contributed by atoms with Gasteiger partial charge in [-0.3, -0.25) is 0 Å². The van der Waals surface area contributed by atoms with E-state index in [4.69, 9.17) is 5.26 Å². The molecule has 1 aromatic carbocycles. The van der Waals surface area contributed by atoms with Gasteiger partial charge in [0.25, 0.3) is 0 Å². The van der Waals surface area contributed by atoms with Gasteiger partial charge in [-0.25, -0.2) is 0 Å². The minimum absolute atomic E-state index is 0.565. The highest BCUT2D eigenvalue weighted by molar-refractivity contribution is 7.99. The maximum atomic E-state index is 8.29. The van der Waals surface area contributed by atoms with E-state index in [1.54, 1.807) is 0 Å². The summed E-state index contributed by atoms with van der Waals surface area (Å²) in [4.78, 5) is 1.30. The fourth-order valence-electron chi connectivity index (χ4n) is 0.943. The van der Waals surface area contributed by atoms with Gasteiger partial charge in [-0.2, -0.15) is 5.26 Å². The maximum absolute atomic E-state index is 8.29. The Hall–Kier alpha value is -0.940. The van der Waals surface area contributed by atoms with Crippen LogP contribution in [0.3, 0.4) is 0 Å². The number of benzene rings is 1. The first kappa shape index (κ1) is 10.1. The van der Waals surface area contributed by atoms with Crippen molar-refractivity contribution >= 4 is 11.8 Å². The van der Waals surface area contributed by atoms with Gasteiger partial charge in [0.2, 0.25) is 0 Å². The zero-order chi connectivity index (χ0) is 9.36. The molecule has 0 saturated heterocycles. The van der Waals surface area contributed by atoms with Gasteiger partial charge in [0.1, 0.15) is 0 Å². The molecule has 0 N–H and O–H groups in total. The summed E-state index contributed by atoms with van der Waals surface area (Å²) in [6.45, 7) is 0. The first-order valence-electron chi connectivity index (χ1n) is 4.30. The Balaban J connectivity index is 2.11. The Morgan fingerprint density at radius 3 is 2.77 bits per heavy atom. The van der Waals surface area contributed by atoms with Crippen LogP contribution in [0.5, 0.6) is 0 Å². The molecule has 0 atom stereocenters. The van der Waals surface area contributed by atoms with E-state index in [9.17, 15) is 0 Å². The van der Waals surface area contributed by atoms with Crippen molar-refractivity contribution in [1.29, 1.82) is 5.26 Å². The van der Waals surface area contributed by atoms with Crippen molar-refractivity contribution in [3.05, 3.63) is 36.8 Å². The smallest absolute Gasteiger partial charge is 0.0624 e. The average Bonchev–Trinajstić information content (AvgIpc) is 2.19. The predicted octanol–water partition coefficient (Wildman–Crippen LogP) is 3.29. The van der Waals surface area contributed by atoms with Gasteiger partial charge in [0.05, 0.1) is 6.07 Å². The molecule has 0 spiro atoms. The number of nitrogens with zero attached hydrogens (tertiary/aromatic N) is 1. The molecule has 1 nitrogen and oxygen atoms in total. The van der Waals surface area contributed by atoms with Gasteiger partial charge < -0.3 is 0 Å². The number of unbranched alkanes of at least 4 members (excludes halogenated alkanes) is 2. The molecule has 0 fully saturated rings. The predicted molar refractivity (Wildman–Crippen MR) is 56.3 cm³/mol. The Bertz CT molecular complexity index is 263. The zero-order valence-electron chi connectivity index (χ0n) is 7.44. The molecule has 1 radical (unpaired) electrons. The lowest BCUT2D eigenvalue weighted by molar-refractivity contribution is 1.04. The number of hydrogen-bond acceptors (Lipinski definition) is 2. The molecule has 0 aliphatic rings. The lowest BCUT2D eigenvalue weighted by Crippen LogP contribution is -1.80. The third-order valence-corrected chi connectivity index (χ3v) is 2.61. The van der Waals surface area contributed by atoms with Crippen LogP contribution in [0.2, 0.25) is 0 Å². The van der Waals surface area contributed by atoms with Gasteiger partial charge in [0.15, 0.2) is 0 Å². The van der Waals surface area contributed by atoms with Crippen LogP contribution >= 0.6 is 11.8 Å². The van der Waals surface area contributed by atoms with E-state index in [1.165, 1.54) is 4.90 Å². The summed E-state index contributed by atoms with van der Waals surface area (Å²) in [6, 6.07) is 12.4. The highest BCUT2D eigenvalue weighted by Gasteiger charge is 1.92. The monoisotopic (exact) mass is 190 g/mol. The summed E-state index contributed by atoms with van der Waals surface area (Å²) in [6.07, 6.45) is 3.60. The molecule has 1 rings (SSSR count). The third-order valence-electron chi connectivity index (χ3n) is 1.57. The zero-order valence-corrected chi connectivity index (χ0v) is 8.26. The second-order valence-electron chi connectivity index (χ2n) is 2.60. The average molecular weight is 190 g/mol. The van der Waals surface area contributed by atoms with Crippen LogP contribution in [0.4, 0.5) is 0 Å². The van der Waals surface area contributed by atoms with Crippen LogP contribution in [0.25, 0.3) is 0 Å². The van der Waals surface area contributed by atoms with Crippen LogP contribution in [-0.4, -0.2) is 5.75 Å². The van der Waals surface area contributed by atoms with Crippen LogP contribution < -0.4 is 0 Å². The Morgan fingerprint density at radius 2 is 2.08 bits per heavy atom. The van der Waals surface area contributed by atoms with Gasteiger partial charge in [-0.05, 0) is 30.7 Å². The molecule has 67 valence electrons. The Kier molecular flexibility index (Phi) is 5.12. The molecular weight excluding hydrogens is 178 g/mol. The minimum atomic E-state index is 0.565. The van der Waals surface area contributed by atoms with E-state index >= 15 is 0 Å². The molecule has 0 bridgehead atoms. The summed E-state index contributed by atoms with van der Waals surface area (Å²) in [5, 5.41) is 8.29. The Labute approximate surface area is 83.8 Å². The summed E-state index contributed by atoms with van der Waals surface area (Å²) in [5.41, 5.74) is 0. The van der Waals surface area contributed by atoms with Crippen molar-refractivity contribution in [2.75, 3.05) is 5.75 Å². The molecule has 1 aromatic rings. The van der Waals surface area contributed by atoms with E-state index in [2.05, 4.69) is 18.2 Å². The minimum Gasteiger partial charge on any atom is -0.198 e. The van der Waals surface area contributed by atoms with Crippen LogP contribution in [0.15, 0.2) is 35.2 Å². The van der Waals surface area contributed by atoms with Crippen LogP contribution in [-0.2, 0) is 0 Å². The van der Waals surface area contributed by atoms with Crippen molar-refractivity contribution in [3.8, 4) is 6.07 Å². The van der Waals surface area contributed by atoms with Crippen LogP contribution in [0.1, 0.15) is 12.8 Å². The molecule has 0 aliphatic heterocycles. The molecule has 0 amide bonds. The third kappa shape index (κ3) is 4.59. The van der Waals surface area contributed by atoms with Gasteiger partial charge in [0, 0.05) is 11.3 Å². The quantitative estimate of drug-likeness (QED) is 0.525. The van der Waals surface area contributed by atoms with Crippen molar-refractivity contribution in [2.24, 2.45) is 0 Å². The van der Waals surface area contributed by atoms with Gasteiger partial charge >= 0.3 is 0 Å². The van der Waals surface area contributed by atoms with E-state index in [-0.39, 0.29) is 0 Å². The second-order valence-corrected chi connectivity index (χ2v) is 3.77. The standard InChI is InChI=1S/C11H12NS/c12-9-5-2-6-10-13-11-7-3-1-4-8-11/h1-4,7-8H,5-6,10H2. The summed E-state index contributed by atoms with van der Waals surface area (Å²) in [7, 11) is 0. The summed E-state index contributed by atoms with van der Waals surface area (Å²) >= 11 is 1.83. The molecule has 0 saturated carbocycles. The molecule has 0 unspecified atom stereocenters. The topological polar surface area (TPSA) is 23.8 Å². The first-order valence-corrected chi connectivity index (χ1v) is 5.28. The van der Waals surface area contributed by atoms with E-state index in [0.29, 0.717) is 6.42 Å². The molecule has 0 aromatic heterocycles. The molecule has 0 aliphatic carbocycles. The Morgan fingerprint density at radius 1 is 1.31 bits per heavy atom. The highest BCUT2D eigenvalue weighted by atomic mass is 32.2. The lowest BCUT2D eigenvalue weighted by Gasteiger charge is -1.98. The maximum Gasteiger partial charge on any atom is 0.0624 e. The molecule has 13 heavy (non-hydrogen) atoms. The summed E-state index contributed by atoms with van der Waals surface area (Å²) < 4.78 is 0. The van der Waals surface area contributed by atoms with Crippen molar-refractivity contribution < 1.29 is 0 Å². The van der Waals surface area contributed by atoms with E-state index < -0.39 is 0 Å². The first-order chi connectivity index (χ1) is 6.43. The van der Waals surface area contributed by atoms with E-state index in [0.717, 1.165) is 12.2 Å². The van der Waals surface area contributed by atoms with Gasteiger partial charge in [-0.1, -0.05) is 18.2 Å². The highest BCUT2D eigenvalue weighted by Crippen LogP contribution is 2.18.